The van der Waals surface area contributed by atoms with Crippen LogP contribution in [-0.4, -0.2) is 34.5 Å². The van der Waals surface area contributed by atoms with Crippen LogP contribution in [0.2, 0.25) is 0 Å². The molecule has 4 rings (SSSR count). The number of hydrogen-bond acceptors (Lipinski definition) is 5. The number of piperazine rings is 1. The molecular formula is C17H20Cl2N4S. The Balaban J connectivity index is 0.00000104. The Hall–Kier alpha value is -1.24. The zero-order valence-electron chi connectivity index (χ0n) is 13.1. The fraction of sp³-hybridized carbons (Fsp3) is 0.294. The summed E-state index contributed by atoms with van der Waals surface area (Å²) in [7, 11) is 0. The summed E-state index contributed by atoms with van der Waals surface area (Å²) in [5, 5.41) is 4.68. The smallest absolute Gasteiger partial charge is 0.108 e. The Bertz CT molecular complexity index is 732. The number of hydrogen-bond donors (Lipinski definition) is 1. The van der Waals surface area contributed by atoms with Crippen molar-refractivity contribution in [1.29, 1.82) is 0 Å². The molecule has 24 heavy (non-hydrogen) atoms. The molecule has 0 radical (unpaired) electrons. The molecule has 0 aliphatic carbocycles. The average molecular weight is 383 g/mol. The molecule has 7 heteroatoms. The molecule has 0 saturated carbocycles. The van der Waals surface area contributed by atoms with E-state index in [2.05, 4.69) is 45.5 Å². The first-order valence-electron chi connectivity index (χ1n) is 7.59. The van der Waals surface area contributed by atoms with Crippen LogP contribution in [0.1, 0.15) is 16.6 Å². The number of aromatic nitrogens is 2. The minimum absolute atomic E-state index is 0. The van der Waals surface area contributed by atoms with E-state index >= 15 is 0 Å². The summed E-state index contributed by atoms with van der Waals surface area (Å²) < 4.78 is 1.27. The van der Waals surface area contributed by atoms with Crippen molar-refractivity contribution in [1.82, 2.24) is 20.2 Å². The second kappa shape index (κ2) is 8.74. The van der Waals surface area contributed by atoms with Gasteiger partial charge in [-0.3, -0.25) is 9.88 Å². The average Bonchev–Trinajstić information content (AvgIpc) is 2.98. The molecule has 2 aromatic heterocycles. The van der Waals surface area contributed by atoms with Crippen LogP contribution < -0.4 is 5.32 Å². The van der Waals surface area contributed by atoms with E-state index in [1.165, 1.54) is 15.3 Å². The van der Waals surface area contributed by atoms with E-state index in [1.54, 1.807) is 11.3 Å². The number of benzene rings is 1. The maximum absolute atomic E-state index is 4.78. The normalized spacial score (nSPS) is 17.9. The quantitative estimate of drug-likeness (QED) is 0.749. The molecule has 1 fully saturated rings. The van der Waals surface area contributed by atoms with Crippen LogP contribution in [0.3, 0.4) is 0 Å². The first-order valence-corrected chi connectivity index (χ1v) is 8.41. The van der Waals surface area contributed by atoms with Gasteiger partial charge in [0.2, 0.25) is 0 Å². The lowest BCUT2D eigenvalue weighted by atomic mass is 10.1. The number of rotatable bonds is 3. The van der Waals surface area contributed by atoms with Crippen LogP contribution in [0.15, 0.2) is 48.8 Å². The molecule has 1 saturated heterocycles. The summed E-state index contributed by atoms with van der Waals surface area (Å²) in [6, 6.07) is 12.9. The first-order chi connectivity index (χ1) is 10.9. The van der Waals surface area contributed by atoms with Gasteiger partial charge in [0.15, 0.2) is 0 Å². The van der Waals surface area contributed by atoms with Crippen molar-refractivity contribution in [2.45, 2.75) is 12.6 Å². The van der Waals surface area contributed by atoms with Crippen molar-refractivity contribution < 1.29 is 0 Å². The van der Waals surface area contributed by atoms with Gasteiger partial charge in [-0.15, -0.1) is 36.2 Å². The maximum atomic E-state index is 4.78. The molecule has 1 unspecified atom stereocenters. The molecule has 128 valence electrons. The van der Waals surface area contributed by atoms with Gasteiger partial charge in [0.25, 0.3) is 0 Å². The Labute approximate surface area is 158 Å². The molecule has 1 aliphatic heterocycles. The topological polar surface area (TPSA) is 41.1 Å². The zero-order valence-corrected chi connectivity index (χ0v) is 15.5. The van der Waals surface area contributed by atoms with Gasteiger partial charge in [-0.25, -0.2) is 4.98 Å². The summed E-state index contributed by atoms with van der Waals surface area (Å²) in [5.41, 5.74) is 2.38. The highest BCUT2D eigenvalue weighted by Crippen LogP contribution is 2.27. The van der Waals surface area contributed by atoms with Gasteiger partial charge in [0.1, 0.15) is 5.01 Å². The predicted molar refractivity (Wildman–Crippen MR) is 104 cm³/mol. The van der Waals surface area contributed by atoms with Crippen molar-refractivity contribution in [2.24, 2.45) is 0 Å². The number of nitrogens with zero attached hydrogens (tertiary/aromatic N) is 3. The van der Waals surface area contributed by atoms with Gasteiger partial charge in [-0.1, -0.05) is 18.2 Å². The van der Waals surface area contributed by atoms with E-state index in [0.717, 1.165) is 31.7 Å². The van der Waals surface area contributed by atoms with E-state index < -0.39 is 0 Å². The molecule has 0 amide bonds. The Morgan fingerprint density at radius 2 is 2.04 bits per heavy atom. The van der Waals surface area contributed by atoms with Gasteiger partial charge in [0.05, 0.1) is 16.8 Å². The van der Waals surface area contributed by atoms with Crippen LogP contribution in [-0.2, 0) is 6.54 Å². The number of fused-ring (bicyclic) bond motifs is 1. The van der Waals surface area contributed by atoms with Crippen molar-refractivity contribution in [3.8, 4) is 0 Å². The summed E-state index contributed by atoms with van der Waals surface area (Å²) in [6.07, 6.45) is 3.81. The number of nitrogens with one attached hydrogen (secondary N) is 1. The third kappa shape index (κ3) is 4.05. The lowest BCUT2D eigenvalue weighted by molar-refractivity contribution is 0.153. The molecule has 1 N–H and O–H groups in total. The fourth-order valence-corrected chi connectivity index (χ4v) is 3.99. The van der Waals surface area contributed by atoms with E-state index in [0.29, 0.717) is 6.04 Å². The molecule has 3 heterocycles. The van der Waals surface area contributed by atoms with Crippen LogP contribution in [0.4, 0.5) is 0 Å². The van der Waals surface area contributed by atoms with Gasteiger partial charge in [0, 0.05) is 38.1 Å². The van der Waals surface area contributed by atoms with Crippen molar-refractivity contribution in [2.75, 3.05) is 19.6 Å². The largest absolute Gasteiger partial charge is 0.314 e. The highest BCUT2D eigenvalue weighted by atomic mass is 35.5. The lowest BCUT2D eigenvalue weighted by Gasteiger charge is -2.35. The second-order valence-electron chi connectivity index (χ2n) is 5.55. The maximum Gasteiger partial charge on any atom is 0.108 e. The van der Waals surface area contributed by atoms with E-state index in [4.69, 9.17) is 4.98 Å². The highest BCUT2D eigenvalue weighted by Gasteiger charge is 2.24. The summed E-state index contributed by atoms with van der Waals surface area (Å²) in [6.45, 7) is 3.94. The molecule has 4 nitrogen and oxygen atoms in total. The molecule has 1 atom stereocenters. The molecule has 0 spiro atoms. The van der Waals surface area contributed by atoms with E-state index in [9.17, 15) is 0 Å². The SMILES string of the molecule is Cl.Cl.c1cncc(C2CNCCN2Cc2nc3ccccc3s2)c1. The summed E-state index contributed by atoms with van der Waals surface area (Å²) in [5.74, 6) is 0. The minimum Gasteiger partial charge on any atom is -0.314 e. The molecule has 1 aromatic carbocycles. The third-order valence-corrected chi connectivity index (χ3v) is 5.12. The Kier molecular flexibility index (Phi) is 6.95. The third-order valence-electron chi connectivity index (χ3n) is 4.10. The standard InChI is InChI=1S/C17H18N4S.2ClH/c1-2-6-16-14(5-1)20-17(22-16)12-21-9-8-19-11-15(21)13-4-3-7-18-10-13;;/h1-7,10,15,19H,8-9,11-12H2;2*1H. The molecule has 1 aliphatic rings. The summed E-state index contributed by atoms with van der Waals surface area (Å²) in [4.78, 5) is 11.5. The molecule has 3 aromatic rings. The highest BCUT2D eigenvalue weighted by molar-refractivity contribution is 7.18. The van der Waals surface area contributed by atoms with Gasteiger partial charge < -0.3 is 5.32 Å². The monoisotopic (exact) mass is 382 g/mol. The Morgan fingerprint density at radius 1 is 1.17 bits per heavy atom. The molecular weight excluding hydrogens is 363 g/mol. The van der Waals surface area contributed by atoms with Crippen LogP contribution in [0, 0.1) is 0 Å². The summed E-state index contributed by atoms with van der Waals surface area (Å²) >= 11 is 1.80. The van der Waals surface area contributed by atoms with Crippen molar-refractivity contribution >= 4 is 46.4 Å². The second-order valence-corrected chi connectivity index (χ2v) is 6.67. The lowest BCUT2D eigenvalue weighted by Crippen LogP contribution is -2.45. The number of halogens is 2. The number of pyridine rings is 1. The van der Waals surface area contributed by atoms with Gasteiger partial charge in [-0.2, -0.15) is 0 Å². The van der Waals surface area contributed by atoms with E-state index in [-0.39, 0.29) is 24.8 Å². The van der Waals surface area contributed by atoms with Crippen LogP contribution in [0.5, 0.6) is 0 Å². The van der Waals surface area contributed by atoms with Crippen molar-refractivity contribution in [3.05, 3.63) is 59.4 Å². The number of thiazole rings is 1. The fourth-order valence-electron chi connectivity index (χ4n) is 3.00. The molecule has 0 bridgehead atoms. The van der Waals surface area contributed by atoms with Gasteiger partial charge in [-0.05, 0) is 23.8 Å². The zero-order chi connectivity index (χ0) is 14.8. The van der Waals surface area contributed by atoms with Crippen LogP contribution >= 0.6 is 36.2 Å². The minimum atomic E-state index is 0. The first kappa shape index (κ1) is 19.1. The van der Waals surface area contributed by atoms with Crippen molar-refractivity contribution in [3.63, 3.8) is 0 Å². The Morgan fingerprint density at radius 3 is 2.83 bits per heavy atom. The van der Waals surface area contributed by atoms with E-state index in [1.807, 2.05) is 18.5 Å². The van der Waals surface area contributed by atoms with Crippen LogP contribution in [0.25, 0.3) is 10.2 Å². The predicted octanol–water partition coefficient (Wildman–Crippen LogP) is 3.68. The van der Waals surface area contributed by atoms with Gasteiger partial charge >= 0.3 is 0 Å². The number of para-hydroxylation sites is 1.